The Morgan fingerprint density at radius 2 is 1.88 bits per heavy atom. The van der Waals surface area contributed by atoms with Crippen LogP contribution in [0, 0.1) is 17.0 Å². The van der Waals surface area contributed by atoms with Crippen molar-refractivity contribution >= 4 is 17.6 Å². The molecule has 0 saturated heterocycles. The van der Waals surface area contributed by atoms with Gasteiger partial charge < -0.3 is 10.1 Å². The lowest BCUT2D eigenvalue weighted by molar-refractivity contribution is -0.385. The third-order valence-corrected chi connectivity index (χ3v) is 4.12. The Morgan fingerprint density at radius 1 is 1.19 bits per heavy atom. The number of benzene rings is 2. The number of amides is 1. The summed E-state index contributed by atoms with van der Waals surface area (Å²) in [4.78, 5) is 35.4. The van der Waals surface area contributed by atoms with E-state index in [0.29, 0.717) is 11.1 Å². The molecule has 1 saturated carbocycles. The highest BCUT2D eigenvalue weighted by atomic mass is 16.6. The number of nitrogens with one attached hydrogen (secondary N) is 1. The van der Waals surface area contributed by atoms with Gasteiger partial charge in [-0.15, -0.1) is 0 Å². The molecule has 1 fully saturated rings. The third-order valence-electron chi connectivity index (χ3n) is 4.12. The Labute approximate surface area is 150 Å². The van der Waals surface area contributed by atoms with E-state index in [2.05, 4.69) is 5.32 Å². The fourth-order valence-electron chi connectivity index (χ4n) is 2.57. The molecule has 7 nitrogen and oxygen atoms in total. The molecule has 0 bridgehead atoms. The van der Waals surface area contributed by atoms with Crippen molar-refractivity contribution in [2.75, 3.05) is 0 Å². The third kappa shape index (κ3) is 4.05. The molecule has 0 aromatic heterocycles. The van der Waals surface area contributed by atoms with Gasteiger partial charge in [-0.25, -0.2) is 4.79 Å². The molecule has 2 aromatic rings. The zero-order valence-electron chi connectivity index (χ0n) is 14.2. The number of carbonyl (C=O) groups is 2. The molecule has 1 N–H and O–H groups in total. The number of ether oxygens (including phenoxy) is 1. The maximum Gasteiger partial charge on any atom is 0.339 e. The van der Waals surface area contributed by atoms with Crippen LogP contribution in [0.25, 0.3) is 0 Å². The van der Waals surface area contributed by atoms with Gasteiger partial charge in [-0.05, 0) is 31.9 Å². The summed E-state index contributed by atoms with van der Waals surface area (Å²) in [6, 6.07) is 12.9. The van der Waals surface area contributed by atoms with Crippen molar-refractivity contribution in [1.82, 2.24) is 5.32 Å². The lowest BCUT2D eigenvalue weighted by Crippen LogP contribution is -2.33. The summed E-state index contributed by atoms with van der Waals surface area (Å²) >= 11 is 0. The van der Waals surface area contributed by atoms with Crippen LogP contribution in [0.3, 0.4) is 0 Å². The first-order valence-corrected chi connectivity index (χ1v) is 8.27. The second-order valence-corrected chi connectivity index (χ2v) is 6.24. The van der Waals surface area contributed by atoms with E-state index in [1.54, 1.807) is 37.3 Å². The molecule has 3 rings (SSSR count). The summed E-state index contributed by atoms with van der Waals surface area (Å²) in [5, 5.41) is 13.7. The number of rotatable bonds is 6. The first-order valence-electron chi connectivity index (χ1n) is 8.27. The molecule has 1 aliphatic rings. The summed E-state index contributed by atoms with van der Waals surface area (Å²) < 4.78 is 5.45. The second kappa shape index (κ2) is 7.35. The highest BCUT2D eigenvalue weighted by Gasteiger charge is 2.31. The van der Waals surface area contributed by atoms with Gasteiger partial charge in [-0.3, -0.25) is 14.9 Å². The van der Waals surface area contributed by atoms with Crippen molar-refractivity contribution in [3.05, 3.63) is 75.3 Å². The van der Waals surface area contributed by atoms with Crippen molar-refractivity contribution in [3.8, 4) is 0 Å². The van der Waals surface area contributed by atoms with E-state index >= 15 is 0 Å². The normalized spacial score (nSPS) is 14.3. The zero-order valence-corrected chi connectivity index (χ0v) is 14.2. The fourth-order valence-corrected chi connectivity index (χ4v) is 2.57. The van der Waals surface area contributed by atoms with Gasteiger partial charge >= 0.3 is 5.97 Å². The molecule has 0 aliphatic heterocycles. The summed E-state index contributed by atoms with van der Waals surface area (Å²) in [6.07, 6.45) is 0.769. The predicted molar refractivity (Wildman–Crippen MR) is 93.6 cm³/mol. The Kier molecular flexibility index (Phi) is 4.97. The molecule has 1 atom stereocenters. The Balaban J connectivity index is 1.81. The van der Waals surface area contributed by atoms with Crippen molar-refractivity contribution in [1.29, 1.82) is 0 Å². The molecule has 0 heterocycles. The molecule has 1 amide bonds. The standard InChI is InChI=1S/C19H18N2O5/c1-12-11-14(7-10-16(12)21(24)25)19(23)26-17(13-5-3-2-4-6-13)18(22)20-15-8-9-15/h2-7,10-11,15,17H,8-9H2,1H3,(H,20,22)/t17-/m0/s1. The van der Waals surface area contributed by atoms with Crippen LogP contribution < -0.4 is 5.32 Å². The van der Waals surface area contributed by atoms with E-state index in [0.717, 1.165) is 12.8 Å². The van der Waals surface area contributed by atoms with Crippen LogP contribution in [-0.2, 0) is 9.53 Å². The Bertz CT molecular complexity index is 846. The maximum atomic E-state index is 12.5. The summed E-state index contributed by atoms with van der Waals surface area (Å²) in [5.41, 5.74) is 1.00. The molecule has 7 heteroatoms. The van der Waals surface area contributed by atoms with Gasteiger partial charge in [0.2, 0.25) is 6.10 Å². The highest BCUT2D eigenvalue weighted by molar-refractivity contribution is 5.93. The molecular formula is C19H18N2O5. The van der Waals surface area contributed by atoms with Gasteiger partial charge in [0.15, 0.2) is 0 Å². The average molecular weight is 354 g/mol. The topological polar surface area (TPSA) is 98.5 Å². The first-order chi connectivity index (χ1) is 12.5. The maximum absolute atomic E-state index is 12.5. The van der Waals surface area contributed by atoms with Crippen LogP contribution >= 0.6 is 0 Å². The van der Waals surface area contributed by atoms with Gasteiger partial charge in [0.05, 0.1) is 10.5 Å². The van der Waals surface area contributed by atoms with E-state index in [-0.39, 0.29) is 23.2 Å². The summed E-state index contributed by atoms with van der Waals surface area (Å²) in [7, 11) is 0. The van der Waals surface area contributed by atoms with Crippen molar-refractivity contribution in [3.63, 3.8) is 0 Å². The molecule has 1 aliphatic carbocycles. The van der Waals surface area contributed by atoms with E-state index in [4.69, 9.17) is 4.74 Å². The number of hydrogen-bond donors (Lipinski definition) is 1. The Morgan fingerprint density at radius 3 is 2.46 bits per heavy atom. The van der Waals surface area contributed by atoms with Crippen LogP contribution in [0.4, 0.5) is 5.69 Å². The summed E-state index contributed by atoms with van der Waals surface area (Å²) in [5.74, 6) is -1.08. The van der Waals surface area contributed by atoms with E-state index < -0.39 is 17.0 Å². The van der Waals surface area contributed by atoms with Crippen LogP contribution in [-0.4, -0.2) is 22.8 Å². The molecule has 134 valence electrons. The minimum Gasteiger partial charge on any atom is -0.444 e. The minimum atomic E-state index is -1.07. The van der Waals surface area contributed by atoms with Gasteiger partial charge in [-0.1, -0.05) is 30.3 Å². The number of nitro groups is 1. The molecule has 0 unspecified atom stereocenters. The van der Waals surface area contributed by atoms with E-state index in [1.165, 1.54) is 18.2 Å². The highest BCUT2D eigenvalue weighted by Crippen LogP contribution is 2.25. The number of carbonyl (C=O) groups excluding carboxylic acids is 2. The van der Waals surface area contributed by atoms with Gasteiger partial charge in [0, 0.05) is 23.2 Å². The molecule has 0 radical (unpaired) electrons. The predicted octanol–water partition coefficient (Wildman–Crippen LogP) is 3.08. The lowest BCUT2D eigenvalue weighted by Gasteiger charge is -2.18. The molecule has 2 aromatic carbocycles. The van der Waals surface area contributed by atoms with E-state index in [1.807, 2.05) is 0 Å². The van der Waals surface area contributed by atoms with Crippen LogP contribution in [0.15, 0.2) is 48.5 Å². The van der Waals surface area contributed by atoms with Gasteiger partial charge in [-0.2, -0.15) is 0 Å². The van der Waals surface area contributed by atoms with Gasteiger partial charge in [0.1, 0.15) is 0 Å². The lowest BCUT2D eigenvalue weighted by atomic mass is 10.1. The second-order valence-electron chi connectivity index (χ2n) is 6.24. The zero-order chi connectivity index (χ0) is 18.7. The minimum absolute atomic E-state index is 0.0763. The van der Waals surface area contributed by atoms with Crippen LogP contribution in [0.2, 0.25) is 0 Å². The molecule has 26 heavy (non-hydrogen) atoms. The smallest absolute Gasteiger partial charge is 0.339 e. The van der Waals surface area contributed by atoms with Crippen molar-refractivity contribution in [2.45, 2.75) is 31.9 Å². The fraction of sp³-hybridized carbons (Fsp3) is 0.263. The monoisotopic (exact) mass is 354 g/mol. The van der Waals surface area contributed by atoms with Crippen molar-refractivity contribution in [2.24, 2.45) is 0 Å². The van der Waals surface area contributed by atoms with Gasteiger partial charge in [0.25, 0.3) is 11.6 Å². The summed E-state index contributed by atoms with van der Waals surface area (Å²) in [6.45, 7) is 1.55. The van der Waals surface area contributed by atoms with E-state index in [9.17, 15) is 19.7 Å². The van der Waals surface area contributed by atoms with Crippen molar-refractivity contribution < 1.29 is 19.2 Å². The number of aryl methyl sites for hydroxylation is 1. The van der Waals surface area contributed by atoms with Crippen LogP contribution in [0.1, 0.15) is 40.4 Å². The van der Waals surface area contributed by atoms with Crippen LogP contribution in [0.5, 0.6) is 0 Å². The number of nitro benzene ring substituents is 1. The largest absolute Gasteiger partial charge is 0.444 e. The SMILES string of the molecule is Cc1cc(C(=O)O[C@H](C(=O)NC2CC2)c2ccccc2)ccc1[N+](=O)[O-]. The average Bonchev–Trinajstić information content (AvgIpc) is 3.43. The number of nitrogens with zero attached hydrogens (tertiary/aromatic N) is 1. The quantitative estimate of drug-likeness (QED) is 0.488. The number of esters is 1. The Hall–Kier alpha value is -3.22. The number of hydrogen-bond acceptors (Lipinski definition) is 5. The molecule has 0 spiro atoms. The first kappa shape index (κ1) is 17.6. The molecular weight excluding hydrogens is 336 g/mol.